The van der Waals surface area contributed by atoms with E-state index in [1.807, 2.05) is 62.4 Å². The van der Waals surface area contributed by atoms with Crippen LogP contribution >= 0.6 is 0 Å². The van der Waals surface area contributed by atoms with E-state index in [1.165, 1.54) is 0 Å². The zero-order valence-electron chi connectivity index (χ0n) is 19.4. The number of amides is 2. The molecule has 0 aliphatic carbocycles. The molecule has 2 aromatic heterocycles. The molecule has 2 aromatic carbocycles. The lowest BCUT2D eigenvalue weighted by molar-refractivity contribution is -0.126. The van der Waals surface area contributed by atoms with Crippen LogP contribution in [0.5, 0.6) is 0 Å². The van der Waals surface area contributed by atoms with Crippen molar-refractivity contribution in [1.82, 2.24) is 15.1 Å². The number of anilines is 1. The summed E-state index contributed by atoms with van der Waals surface area (Å²) in [6, 6.07) is 20.9. The monoisotopic (exact) mass is 454 g/mol. The van der Waals surface area contributed by atoms with E-state index in [9.17, 15) is 9.59 Å². The maximum absolute atomic E-state index is 13.8. The average molecular weight is 455 g/mol. The van der Waals surface area contributed by atoms with Gasteiger partial charge in [0.25, 0.3) is 5.91 Å². The van der Waals surface area contributed by atoms with Crippen molar-refractivity contribution in [2.45, 2.75) is 39.4 Å². The molecule has 0 bridgehead atoms. The molecule has 0 fully saturated rings. The number of aryl methyl sites for hydroxylation is 2. The first-order valence-electron chi connectivity index (χ1n) is 11.2. The van der Waals surface area contributed by atoms with Gasteiger partial charge in [-0.15, -0.1) is 0 Å². The van der Waals surface area contributed by atoms with Crippen molar-refractivity contribution in [2.75, 3.05) is 4.90 Å². The number of para-hydroxylation sites is 1. The van der Waals surface area contributed by atoms with Gasteiger partial charge in [0.2, 0.25) is 5.91 Å². The first-order chi connectivity index (χ1) is 16.4. The maximum atomic E-state index is 13.8. The van der Waals surface area contributed by atoms with Gasteiger partial charge in [-0.25, -0.2) is 0 Å². The highest BCUT2D eigenvalue weighted by Crippen LogP contribution is 2.35. The third kappa shape index (κ3) is 3.69. The number of furan rings is 1. The minimum Gasteiger partial charge on any atom is -0.463 e. The Morgan fingerprint density at radius 2 is 1.91 bits per heavy atom. The quantitative estimate of drug-likeness (QED) is 0.482. The topological polar surface area (TPSA) is 80.4 Å². The van der Waals surface area contributed by atoms with Crippen molar-refractivity contribution in [3.63, 3.8) is 0 Å². The molecule has 1 aliphatic heterocycles. The van der Waals surface area contributed by atoms with Crippen molar-refractivity contribution in [1.29, 1.82) is 0 Å². The van der Waals surface area contributed by atoms with Crippen LogP contribution in [-0.4, -0.2) is 27.1 Å². The Bertz CT molecular complexity index is 1370. The molecule has 0 unspecified atom stereocenters. The predicted octanol–water partition coefficient (Wildman–Crippen LogP) is 4.50. The number of aromatic nitrogens is 2. The molecule has 172 valence electrons. The molecule has 0 saturated heterocycles. The van der Waals surface area contributed by atoms with Crippen LogP contribution < -0.4 is 10.2 Å². The van der Waals surface area contributed by atoms with Gasteiger partial charge >= 0.3 is 0 Å². The van der Waals surface area contributed by atoms with E-state index in [0.717, 1.165) is 16.7 Å². The van der Waals surface area contributed by atoms with Crippen molar-refractivity contribution in [3.8, 4) is 11.5 Å². The second-order valence-electron chi connectivity index (χ2n) is 8.92. The fourth-order valence-corrected chi connectivity index (χ4v) is 4.51. The molecule has 34 heavy (non-hydrogen) atoms. The van der Waals surface area contributed by atoms with Crippen LogP contribution in [0.25, 0.3) is 11.5 Å². The van der Waals surface area contributed by atoms with Crippen LogP contribution in [0, 0.1) is 13.8 Å². The summed E-state index contributed by atoms with van der Waals surface area (Å²) < 4.78 is 7.09. The number of benzene rings is 2. The molecule has 5 rings (SSSR count). The lowest BCUT2D eigenvalue weighted by atomic mass is 9.93. The molecule has 3 heterocycles. The summed E-state index contributed by atoms with van der Waals surface area (Å²) in [4.78, 5) is 29.2. The number of carbonyl (C=O) groups is 2. The molecule has 2 amide bonds. The Morgan fingerprint density at radius 3 is 2.65 bits per heavy atom. The van der Waals surface area contributed by atoms with Crippen molar-refractivity contribution in [2.24, 2.45) is 0 Å². The summed E-state index contributed by atoms with van der Waals surface area (Å²) in [5.74, 6) is 0.0492. The third-order valence-corrected chi connectivity index (χ3v) is 6.31. The SMILES string of the molecule is Cc1cccc(CNC(=O)[C@]2(C)Cn3nc(-c4ccco4)cc3C(=O)N2c2ccccc2C)c1. The number of nitrogens with one attached hydrogen (secondary N) is 1. The predicted molar refractivity (Wildman–Crippen MR) is 129 cm³/mol. The highest BCUT2D eigenvalue weighted by Gasteiger charge is 2.49. The van der Waals surface area contributed by atoms with Gasteiger partial charge < -0.3 is 9.73 Å². The van der Waals surface area contributed by atoms with Crippen LogP contribution in [0.2, 0.25) is 0 Å². The Labute approximate surface area is 198 Å². The number of nitrogens with zero attached hydrogens (tertiary/aromatic N) is 3. The highest BCUT2D eigenvalue weighted by atomic mass is 16.3. The van der Waals surface area contributed by atoms with Crippen LogP contribution in [0.3, 0.4) is 0 Å². The number of hydrogen-bond donors (Lipinski definition) is 1. The van der Waals surface area contributed by atoms with Gasteiger partial charge in [0, 0.05) is 18.3 Å². The second-order valence-corrected chi connectivity index (χ2v) is 8.92. The summed E-state index contributed by atoms with van der Waals surface area (Å²) >= 11 is 0. The van der Waals surface area contributed by atoms with E-state index in [4.69, 9.17) is 4.42 Å². The standard InChI is InChI=1S/C27H26N4O3/c1-18-8-6-10-20(14-18)16-28-26(33)27(3)17-30-23(15-21(29-30)24-12-7-13-34-24)25(32)31(27)22-11-5-4-9-19(22)2/h4-15H,16-17H2,1-3H3,(H,28,33)/t27-/m0/s1. The van der Waals surface area contributed by atoms with E-state index in [2.05, 4.69) is 10.4 Å². The Kier molecular flexibility index (Phi) is 5.32. The summed E-state index contributed by atoms with van der Waals surface area (Å²) in [6.07, 6.45) is 1.57. The minimum atomic E-state index is -1.19. The van der Waals surface area contributed by atoms with Gasteiger partial charge in [-0.2, -0.15) is 5.10 Å². The Morgan fingerprint density at radius 1 is 1.09 bits per heavy atom. The van der Waals surface area contributed by atoms with Crippen molar-refractivity contribution < 1.29 is 14.0 Å². The van der Waals surface area contributed by atoms with Gasteiger partial charge in [0.1, 0.15) is 16.9 Å². The van der Waals surface area contributed by atoms with E-state index >= 15 is 0 Å². The molecule has 1 N–H and O–H groups in total. The summed E-state index contributed by atoms with van der Waals surface area (Å²) in [7, 11) is 0. The van der Waals surface area contributed by atoms with Crippen molar-refractivity contribution in [3.05, 3.63) is 95.4 Å². The van der Waals surface area contributed by atoms with Gasteiger partial charge in [0.05, 0.1) is 12.8 Å². The first kappa shape index (κ1) is 21.7. The molecule has 0 spiro atoms. The van der Waals surface area contributed by atoms with E-state index in [1.54, 1.807) is 41.0 Å². The third-order valence-electron chi connectivity index (χ3n) is 6.31. The molecule has 7 heteroatoms. The molecule has 1 aliphatic rings. The summed E-state index contributed by atoms with van der Waals surface area (Å²) in [5, 5.41) is 7.65. The maximum Gasteiger partial charge on any atom is 0.277 e. The number of rotatable bonds is 5. The number of carbonyl (C=O) groups excluding carboxylic acids is 2. The van der Waals surface area contributed by atoms with E-state index in [0.29, 0.717) is 29.4 Å². The largest absolute Gasteiger partial charge is 0.463 e. The second kappa shape index (κ2) is 8.33. The normalized spacial score (nSPS) is 17.5. The smallest absolute Gasteiger partial charge is 0.277 e. The van der Waals surface area contributed by atoms with Crippen LogP contribution in [-0.2, 0) is 17.9 Å². The molecule has 0 radical (unpaired) electrons. The van der Waals surface area contributed by atoms with Gasteiger partial charge in [-0.3, -0.25) is 19.2 Å². The lowest BCUT2D eigenvalue weighted by Crippen LogP contribution is -2.64. The summed E-state index contributed by atoms with van der Waals surface area (Å²) in [5.41, 5.74) is 3.52. The van der Waals surface area contributed by atoms with Crippen LogP contribution in [0.4, 0.5) is 5.69 Å². The number of hydrogen-bond acceptors (Lipinski definition) is 4. The molecular weight excluding hydrogens is 428 g/mol. The zero-order chi connectivity index (χ0) is 23.9. The van der Waals surface area contributed by atoms with E-state index in [-0.39, 0.29) is 18.4 Å². The van der Waals surface area contributed by atoms with Crippen molar-refractivity contribution >= 4 is 17.5 Å². The molecular formula is C27H26N4O3. The average Bonchev–Trinajstić information content (AvgIpc) is 3.49. The molecule has 7 nitrogen and oxygen atoms in total. The first-order valence-corrected chi connectivity index (χ1v) is 11.2. The van der Waals surface area contributed by atoms with Gasteiger partial charge in [-0.1, -0.05) is 48.0 Å². The van der Waals surface area contributed by atoms with Crippen LogP contribution in [0.15, 0.2) is 77.4 Å². The lowest BCUT2D eigenvalue weighted by Gasteiger charge is -2.43. The summed E-state index contributed by atoms with van der Waals surface area (Å²) in [6.45, 7) is 6.33. The highest BCUT2D eigenvalue weighted by molar-refractivity contribution is 6.12. The van der Waals surface area contributed by atoms with Crippen LogP contribution in [0.1, 0.15) is 34.1 Å². The Balaban J connectivity index is 1.55. The van der Waals surface area contributed by atoms with Gasteiger partial charge in [-0.05, 0) is 50.1 Å². The fraction of sp³-hybridized carbons (Fsp3) is 0.222. The fourth-order valence-electron chi connectivity index (χ4n) is 4.51. The van der Waals surface area contributed by atoms with E-state index < -0.39 is 5.54 Å². The molecule has 1 atom stereocenters. The molecule has 0 saturated carbocycles. The zero-order valence-corrected chi connectivity index (χ0v) is 19.4. The Hall–Kier alpha value is -4.13. The number of fused-ring (bicyclic) bond motifs is 1. The van der Waals surface area contributed by atoms with Gasteiger partial charge in [0.15, 0.2) is 5.76 Å². The minimum absolute atomic E-state index is 0.211. The molecule has 4 aromatic rings.